The van der Waals surface area contributed by atoms with Gasteiger partial charge in [0.2, 0.25) is 0 Å². The Balaban J connectivity index is 1.88. The van der Waals surface area contributed by atoms with Crippen molar-refractivity contribution in [3.05, 3.63) is 29.8 Å². The molecule has 0 bridgehead atoms. The molecular formula is C15H19ClO3. The molecule has 0 spiro atoms. The summed E-state index contributed by atoms with van der Waals surface area (Å²) in [4.78, 5) is 11.8. The summed E-state index contributed by atoms with van der Waals surface area (Å²) in [5.74, 6) is 1.40. The highest BCUT2D eigenvalue weighted by atomic mass is 35.5. The number of ketones is 1. The average Bonchev–Trinajstić information content (AvgIpc) is 2.46. The first-order chi connectivity index (χ1) is 9.29. The molecule has 1 aliphatic heterocycles. The van der Waals surface area contributed by atoms with Gasteiger partial charge < -0.3 is 9.47 Å². The van der Waals surface area contributed by atoms with Gasteiger partial charge in [-0.05, 0) is 43.5 Å². The highest BCUT2D eigenvalue weighted by molar-refractivity contribution is 6.18. The third-order valence-corrected chi connectivity index (χ3v) is 3.39. The van der Waals surface area contributed by atoms with Gasteiger partial charge >= 0.3 is 0 Å². The minimum atomic E-state index is -0.147. The number of carbonyl (C=O) groups excluding carboxylic acids is 1. The Labute approximate surface area is 118 Å². The maximum atomic E-state index is 11.8. The summed E-state index contributed by atoms with van der Waals surface area (Å²) in [5.41, 5.74) is 0.710. The summed E-state index contributed by atoms with van der Waals surface area (Å²) < 4.78 is 11.2. The van der Waals surface area contributed by atoms with Crippen molar-refractivity contribution < 1.29 is 14.3 Å². The van der Waals surface area contributed by atoms with E-state index in [0.29, 0.717) is 24.3 Å². The lowest BCUT2D eigenvalue weighted by atomic mass is 10.1. The van der Waals surface area contributed by atoms with Gasteiger partial charge in [-0.3, -0.25) is 4.79 Å². The molecule has 1 aromatic rings. The number of carbonyl (C=O) groups is 1. The summed E-state index contributed by atoms with van der Waals surface area (Å²) in [5, 5.41) is 0. The van der Waals surface area contributed by atoms with Crippen LogP contribution in [0, 0.1) is 0 Å². The van der Waals surface area contributed by atoms with E-state index in [0.717, 1.165) is 31.6 Å². The Morgan fingerprint density at radius 3 is 2.74 bits per heavy atom. The van der Waals surface area contributed by atoms with E-state index in [2.05, 4.69) is 0 Å². The zero-order valence-electron chi connectivity index (χ0n) is 10.9. The first-order valence-corrected chi connectivity index (χ1v) is 7.30. The number of hydrogen-bond donors (Lipinski definition) is 0. The molecule has 0 aliphatic carbocycles. The van der Waals surface area contributed by atoms with E-state index in [1.807, 2.05) is 12.1 Å². The lowest BCUT2D eigenvalue weighted by molar-refractivity contribution is -0.105. The molecule has 2 rings (SSSR count). The molecule has 0 aromatic heterocycles. The van der Waals surface area contributed by atoms with Crippen molar-refractivity contribution in [1.29, 1.82) is 0 Å². The van der Waals surface area contributed by atoms with Gasteiger partial charge in [0.1, 0.15) is 5.75 Å². The molecule has 3 nitrogen and oxygen atoms in total. The normalized spacial score (nSPS) is 19.1. The predicted molar refractivity (Wildman–Crippen MR) is 74.9 cm³/mol. The van der Waals surface area contributed by atoms with Crippen molar-refractivity contribution in [2.75, 3.05) is 12.5 Å². The van der Waals surface area contributed by atoms with Crippen LogP contribution in [0.1, 0.15) is 42.5 Å². The van der Waals surface area contributed by atoms with Crippen molar-refractivity contribution >= 4 is 17.4 Å². The van der Waals surface area contributed by atoms with Crippen LogP contribution < -0.4 is 4.74 Å². The lowest BCUT2D eigenvalue weighted by Crippen LogP contribution is -2.24. The Kier molecular flexibility index (Phi) is 5.67. The molecule has 1 aromatic carbocycles. The molecule has 1 unspecified atom stereocenters. The molecule has 0 radical (unpaired) electrons. The van der Waals surface area contributed by atoms with E-state index in [9.17, 15) is 4.79 Å². The maximum Gasteiger partial charge on any atom is 0.199 e. The Hall–Kier alpha value is -1.06. The number of rotatable bonds is 6. The molecule has 19 heavy (non-hydrogen) atoms. The van der Waals surface area contributed by atoms with Crippen LogP contribution in [0.4, 0.5) is 0 Å². The van der Waals surface area contributed by atoms with Crippen molar-refractivity contribution in [1.82, 2.24) is 0 Å². The Bertz CT molecular complexity index is 396. The topological polar surface area (TPSA) is 35.5 Å². The summed E-state index contributed by atoms with van der Waals surface area (Å²) in [6.07, 6.45) is 4.24. The molecule has 0 saturated carbocycles. The number of ether oxygens (including phenoxy) is 2. The van der Waals surface area contributed by atoms with Gasteiger partial charge in [-0.15, -0.1) is 11.6 Å². The number of Topliss-reactive ketones (excluding diaryl/α,β-unsaturated/α-hetero) is 1. The first kappa shape index (κ1) is 14.4. The van der Waals surface area contributed by atoms with Crippen molar-refractivity contribution in [2.24, 2.45) is 0 Å². The molecular weight excluding hydrogens is 264 g/mol. The van der Waals surface area contributed by atoms with Crippen molar-refractivity contribution in [2.45, 2.75) is 38.4 Å². The molecule has 1 heterocycles. The molecule has 0 amide bonds. The molecule has 1 aliphatic rings. The molecule has 104 valence electrons. The fraction of sp³-hybridized carbons (Fsp3) is 0.533. The fourth-order valence-corrected chi connectivity index (χ4v) is 2.18. The highest BCUT2D eigenvalue weighted by Crippen LogP contribution is 2.20. The van der Waals surface area contributed by atoms with Crippen molar-refractivity contribution in [3.63, 3.8) is 0 Å². The summed E-state index contributed by atoms with van der Waals surface area (Å²) in [7, 11) is 0. The predicted octanol–water partition coefficient (Wildman–Crippen LogP) is 3.79. The monoisotopic (exact) mass is 282 g/mol. The lowest BCUT2D eigenvalue weighted by Gasteiger charge is -2.23. The second-order valence-corrected chi connectivity index (χ2v) is 5.03. The van der Waals surface area contributed by atoms with Gasteiger partial charge in [0.15, 0.2) is 12.1 Å². The number of alkyl halides is 1. The minimum Gasteiger partial charge on any atom is -0.465 e. The van der Waals surface area contributed by atoms with Gasteiger partial charge in [-0.25, -0.2) is 0 Å². The molecule has 1 fully saturated rings. The van der Waals surface area contributed by atoms with Gasteiger partial charge in [0, 0.05) is 24.3 Å². The third kappa shape index (κ3) is 4.51. The van der Waals surface area contributed by atoms with E-state index < -0.39 is 0 Å². The first-order valence-electron chi connectivity index (χ1n) is 6.77. The van der Waals surface area contributed by atoms with Crippen LogP contribution in [0.15, 0.2) is 24.3 Å². The van der Waals surface area contributed by atoms with Gasteiger partial charge in [-0.2, -0.15) is 0 Å². The van der Waals surface area contributed by atoms with Crippen LogP contribution in [-0.4, -0.2) is 24.6 Å². The van der Waals surface area contributed by atoms with Crippen LogP contribution in [0.25, 0.3) is 0 Å². The Morgan fingerprint density at radius 2 is 2.11 bits per heavy atom. The van der Waals surface area contributed by atoms with Crippen LogP contribution in [0.5, 0.6) is 5.75 Å². The molecule has 1 atom stereocenters. The maximum absolute atomic E-state index is 11.8. The Morgan fingerprint density at radius 1 is 1.32 bits per heavy atom. The van der Waals surface area contributed by atoms with E-state index >= 15 is 0 Å². The van der Waals surface area contributed by atoms with Crippen LogP contribution in [0.3, 0.4) is 0 Å². The zero-order chi connectivity index (χ0) is 13.5. The van der Waals surface area contributed by atoms with Crippen molar-refractivity contribution in [3.8, 4) is 5.75 Å². The standard InChI is InChI=1S/C15H19ClO3/c16-10-3-4-14(17)12-6-8-13(9-7-12)19-15-5-1-2-11-18-15/h6-9,15H,1-5,10-11H2. The minimum absolute atomic E-state index is 0.126. The van der Waals surface area contributed by atoms with E-state index in [1.165, 1.54) is 0 Å². The molecule has 1 saturated heterocycles. The summed E-state index contributed by atoms with van der Waals surface area (Å²) >= 11 is 5.58. The molecule has 4 heteroatoms. The largest absolute Gasteiger partial charge is 0.465 e. The molecule has 0 N–H and O–H groups in total. The summed E-state index contributed by atoms with van der Waals surface area (Å²) in [6.45, 7) is 0.764. The number of hydrogen-bond acceptors (Lipinski definition) is 3. The van der Waals surface area contributed by atoms with Crippen LogP contribution in [0.2, 0.25) is 0 Å². The number of halogens is 1. The zero-order valence-corrected chi connectivity index (χ0v) is 11.7. The van der Waals surface area contributed by atoms with Crippen LogP contribution >= 0.6 is 11.6 Å². The second kappa shape index (κ2) is 7.51. The van der Waals surface area contributed by atoms with Crippen LogP contribution in [-0.2, 0) is 4.74 Å². The average molecular weight is 283 g/mol. The van der Waals surface area contributed by atoms with E-state index in [-0.39, 0.29) is 12.1 Å². The van der Waals surface area contributed by atoms with Gasteiger partial charge in [0.05, 0.1) is 6.61 Å². The fourth-order valence-electron chi connectivity index (χ4n) is 2.05. The quantitative estimate of drug-likeness (QED) is 0.588. The van der Waals surface area contributed by atoms with Gasteiger partial charge in [0.25, 0.3) is 0 Å². The summed E-state index contributed by atoms with van der Waals surface area (Å²) in [6, 6.07) is 7.25. The third-order valence-electron chi connectivity index (χ3n) is 3.12. The van der Waals surface area contributed by atoms with Gasteiger partial charge in [-0.1, -0.05) is 0 Å². The smallest absolute Gasteiger partial charge is 0.199 e. The van der Waals surface area contributed by atoms with E-state index in [1.54, 1.807) is 12.1 Å². The highest BCUT2D eigenvalue weighted by Gasteiger charge is 2.15. The SMILES string of the molecule is O=C(CCCCl)c1ccc(OC2CCCCO2)cc1. The van der Waals surface area contributed by atoms with E-state index in [4.69, 9.17) is 21.1 Å². The number of benzene rings is 1. The second-order valence-electron chi connectivity index (χ2n) is 4.65.